The van der Waals surface area contributed by atoms with E-state index >= 15 is 0 Å². The van der Waals surface area contributed by atoms with Gasteiger partial charge in [-0.25, -0.2) is 0 Å². The van der Waals surface area contributed by atoms with Gasteiger partial charge in [-0.15, -0.1) is 0 Å². The largest absolute Gasteiger partial charge is 0.464 e. The first-order valence-corrected chi connectivity index (χ1v) is 8.91. The van der Waals surface area contributed by atoms with Crippen molar-refractivity contribution in [2.75, 3.05) is 44.7 Å². The number of aryl methyl sites for hydroxylation is 1. The van der Waals surface area contributed by atoms with Crippen LogP contribution in [0, 0.1) is 6.92 Å². The van der Waals surface area contributed by atoms with E-state index in [1.54, 1.807) is 4.90 Å². The van der Waals surface area contributed by atoms with Gasteiger partial charge in [-0.1, -0.05) is 17.7 Å². The Morgan fingerprint density at radius 2 is 1.96 bits per heavy atom. The predicted molar refractivity (Wildman–Crippen MR) is 100 cm³/mol. The molecule has 2 heterocycles. The van der Waals surface area contributed by atoms with Gasteiger partial charge in [-0.2, -0.15) is 0 Å². The smallest absolute Gasteiger partial charge is 0.236 e. The molecule has 1 aliphatic heterocycles. The number of halogens is 1. The number of nitrogens with zero attached hydrogens (tertiary/aromatic N) is 3. The van der Waals surface area contributed by atoms with Gasteiger partial charge in [-0.3, -0.25) is 9.69 Å². The molecular formula is C19H24ClN3O2. The van der Waals surface area contributed by atoms with Gasteiger partial charge in [0, 0.05) is 43.9 Å². The topological polar surface area (TPSA) is 39.9 Å². The molecule has 6 heteroatoms. The number of rotatable bonds is 5. The third kappa shape index (κ3) is 4.77. The van der Waals surface area contributed by atoms with Gasteiger partial charge in [0.2, 0.25) is 5.91 Å². The number of amides is 1. The van der Waals surface area contributed by atoms with Crippen molar-refractivity contribution in [1.82, 2.24) is 9.80 Å². The van der Waals surface area contributed by atoms with Gasteiger partial charge in [0.05, 0.1) is 13.1 Å². The van der Waals surface area contributed by atoms with E-state index < -0.39 is 0 Å². The molecule has 0 radical (unpaired) electrons. The molecule has 134 valence electrons. The van der Waals surface area contributed by atoms with Crippen molar-refractivity contribution in [2.45, 2.75) is 13.5 Å². The zero-order valence-electron chi connectivity index (χ0n) is 14.7. The molecule has 2 aromatic rings. The molecule has 5 nitrogen and oxygen atoms in total. The second kappa shape index (κ2) is 7.93. The first-order valence-electron chi connectivity index (χ1n) is 8.53. The Balaban J connectivity index is 1.47. The van der Waals surface area contributed by atoms with Gasteiger partial charge in [0.25, 0.3) is 0 Å². The van der Waals surface area contributed by atoms with Gasteiger partial charge in [0.1, 0.15) is 11.5 Å². The summed E-state index contributed by atoms with van der Waals surface area (Å²) in [6.45, 7) is 6.39. The number of hydrogen-bond acceptors (Lipinski definition) is 4. The van der Waals surface area contributed by atoms with Crippen LogP contribution in [0.4, 0.5) is 5.69 Å². The van der Waals surface area contributed by atoms with Crippen LogP contribution in [0.5, 0.6) is 0 Å². The molecule has 0 spiro atoms. The molecular weight excluding hydrogens is 338 g/mol. The lowest BCUT2D eigenvalue weighted by atomic mass is 10.2. The molecule has 1 fully saturated rings. The van der Waals surface area contributed by atoms with Crippen molar-refractivity contribution in [3.05, 3.63) is 52.9 Å². The molecule has 0 bridgehead atoms. The first kappa shape index (κ1) is 17.8. The van der Waals surface area contributed by atoms with Gasteiger partial charge in [-0.05, 0) is 37.3 Å². The Morgan fingerprint density at radius 3 is 2.60 bits per heavy atom. The maximum atomic E-state index is 12.4. The summed E-state index contributed by atoms with van der Waals surface area (Å²) in [5, 5.41) is 0.755. The summed E-state index contributed by atoms with van der Waals surface area (Å²) in [6.07, 6.45) is 0. The van der Waals surface area contributed by atoms with Crippen molar-refractivity contribution in [3.63, 3.8) is 0 Å². The standard InChI is InChI=1S/C19H24ClN3O2/c1-15-6-7-18(25-15)13-21(2)19(24)14-22-8-10-23(11-9-22)17-5-3-4-16(20)12-17/h3-7,12H,8-11,13-14H2,1-2H3. The van der Waals surface area contributed by atoms with Gasteiger partial charge in [0.15, 0.2) is 0 Å². The van der Waals surface area contributed by atoms with E-state index in [-0.39, 0.29) is 5.91 Å². The lowest BCUT2D eigenvalue weighted by molar-refractivity contribution is -0.132. The molecule has 0 aliphatic carbocycles. The van der Waals surface area contributed by atoms with Crippen LogP contribution in [0.15, 0.2) is 40.8 Å². The normalized spacial score (nSPS) is 15.4. The van der Waals surface area contributed by atoms with E-state index in [2.05, 4.69) is 15.9 Å². The van der Waals surface area contributed by atoms with Crippen molar-refractivity contribution < 1.29 is 9.21 Å². The molecule has 0 N–H and O–H groups in total. The van der Waals surface area contributed by atoms with E-state index in [4.69, 9.17) is 16.0 Å². The second-order valence-corrected chi connectivity index (χ2v) is 6.94. The summed E-state index contributed by atoms with van der Waals surface area (Å²) in [5.41, 5.74) is 1.14. The summed E-state index contributed by atoms with van der Waals surface area (Å²) in [5.74, 6) is 1.80. The molecule has 3 rings (SSSR count). The molecule has 0 saturated carbocycles. The second-order valence-electron chi connectivity index (χ2n) is 6.51. The van der Waals surface area contributed by atoms with Crippen LogP contribution in [-0.2, 0) is 11.3 Å². The highest BCUT2D eigenvalue weighted by atomic mass is 35.5. The number of piperazine rings is 1. The number of likely N-dealkylation sites (N-methyl/N-ethyl adjacent to an activating group) is 1. The molecule has 1 saturated heterocycles. The van der Waals surface area contributed by atoms with E-state index in [1.165, 1.54) is 0 Å². The van der Waals surface area contributed by atoms with Crippen molar-refractivity contribution in [1.29, 1.82) is 0 Å². The Hall–Kier alpha value is -1.98. The molecule has 1 amide bonds. The zero-order chi connectivity index (χ0) is 17.8. The van der Waals surface area contributed by atoms with Gasteiger partial charge < -0.3 is 14.2 Å². The van der Waals surface area contributed by atoms with Crippen LogP contribution in [-0.4, -0.2) is 55.5 Å². The van der Waals surface area contributed by atoms with Crippen LogP contribution in [0.25, 0.3) is 0 Å². The SMILES string of the molecule is Cc1ccc(CN(C)C(=O)CN2CCN(c3cccc(Cl)c3)CC2)o1. The van der Waals surface area contributed by atoms with Crippen LogP contribution in [0.2, 0.25) is 5.02 Å². The molecule has 25 heavy (non-hydrogen) atoms. The minimum atomic E-state index is 0.116. The van der Waals surface area contributed by atoms with E-state index in [0.29, 0.717) is 13.1 Å². The molecule has 0 atom stereocenters. The third-order valence-corrected chi connectivity index (χ3v) is 4.75. The Labute approximate surface area is 153 Å². The number of hydrogen-bond donors (Lipinski definition) is 0. The molecule has 1 aromatic carbocycles. The average molecular weight is 362 g/mol. The quantitative estimate of drug-likeness (QED) is 0.820. The zero-order valence-corrected chi connectivity index (χ0v) is 15.5. The molecule has 1 aromatic heterocycles. The summed E-state index contributed by atoms with van der Waals surface area (Å²) < 4.78 is 5.54. The van der Waals surface area contributed by atoms with Crippen LogP contribution in [0.3, 0.4) is 0 Å². The van der Waals surface area contributed by atoms with E-state index in [1.807, 2.05) is 44.3 Å². The first-order chi connectivity index (χ1) is 12.0. The number of carbonyl (C=O) groups excluding carboxylic acids is 1. The maximum absolute atomic E-state index is 12.4. The highest BCUT2D eigenvalue weighted by Gasteiger charge is 2.21. The fourth-order valence-corrected chi connectivity index (χ4v) is 3.23. The Morgan fingerprint density at radius 1 is 1.20 bits per heavy atom. The van der Waals surface area contributed by atoms with Crippen LogP contribution in [0.1, 0.15) is 11.5 Å². The van der Waals surface area contributed by atoms with Crippen molar-refractivity contribution in [2.24, 2.45) is 0 Å². The number of furan rings is 1. The summed E-state index contributed by atoms with van der Waals surface area (Å²) in [7, 11) is 1.82. The fourth-order valence-electron chi connectivity index (χ4n) is 3.04. The maximum Gasteiger partial charge on any atom is 0.236 e. The van der Waals surface area contributed by atoms with Crippen molar-refractivity contribution >= 4 is 23.2 Å². The molecule has 1 aliphatic rings. The Kier molecular flexibility index (Phi) is 5.66. The van der Waals surface area contributed by atoms with Crippen molar-refractivity contribution in [3.8, 4) is 0 Å². The number of anilines is 1. The fraction of sp³-hybridized carbons (Fsp3) is 0.421. The van der Waals surface area contributed by atoms with E-state index in [9.17, 15) is 4.79 Å². The highest BCUT2D eigenvalue weighted by molar-refractivity contribution is 6.30. The van der Waals surface area contributed by atoms with Gasteiger partial charge >= 0.3 is 0 Å². The number of carbonyl (C=O) groups is 1. The molecule has 0 unspecified atom stereocenters. The minimum Gasteiger partial charge on any atom is -0.464 e. The lowest BCUT2D eigenvalue weighted by Crippen LogP contribution is -2.49. The summed E-state index contributed by atoms with van der Waals surface area (Å²) >= 11 is 6.07. The third-order valence-electron chi connectivity index (χ3n) is 4.52. The highest BCUT2D eigenvalue weighted by Crippen LogP contribution is 2.20. The van der Waals surface area contributed by atoms with Crippen LogP contribution < -0.4 is 4.90 Å². The lowest BCUT2D eigenvalue weighted by Gasteiger charge is -2.36. The number of benzene rings is 1. The van der Waals surface area contributed by atoms with Crippen LogP contribution >= 0.6 is 11.6 Å². The Bertz CT molecular complexity index is 723. The van der Waals surface area contributed by atoms with E-state index in [0.717, 1.165) is 48.4 Å². The average Bonchev–Trinajstić information content (AvgIpc) is 3.00. The summed E-state index contributed by atoms with van der Waals surface area (Å²) in [6, 6.07) is 11.8. The predicted octanol–water partition coefficient (Wildman–Crippen LogP) is 3.02. The minimum absolute atomic E-state index is 0.116. The monoisotopic (exact) mass is 361 g/mol. The summed E-state index contributed by atoms with van der Waals surface area (Å²) in [4.78, 5) is 18.7.